The van der Waals surface area contributed by atoms with Gasteiger partial charge in [-0.15, -0.1) is 13.2 Å². The Kier molecular flexibility index (Phi) is 5.04. The molecule has 0 bridgehead atoms. The van der Waals surface area contributed by atoms with Crippen LogP contribution >= 0.6 is 11.3 Å². The summed E-state index contributed by atoms with van der Waals surface area (Å²) in [6.07, 6.45) is -4.85. The molecule has 2 aromatic carbocycles. The zero-order valence-corrected chi connectivity index (χ0v) is 15.2. The average molecular weight is 434 g/mol. The van der Waals surface area contributed by atoms with Crippen molar-refractivity contribution in [2.45, 2.75) is 11.3 Å². The number of hydrogen-bond donors (Lipinski definition) is 1. The molecule has 0 aliphatic carbocycles. The van der Waals surface area contributed by atoms with Crippen LogP contribution in [0, 0.1) is 5.82 Å². The van der Waals surface area contributed by atoms with Crippen LogP contribution in [0.3, 0.4) is 0 Å². The SMILES string of the molecule is NS(=O)(=O)c1ccc(-c2csc(=O)n2-c2ccc(OC(F)(F)F)cc2)cc1F. The van der Waals surface area contributed by atoms with Crippen LogP contribution in [-0.4, -0.2) is 19.3 Å². The van der Waals surface area contributed by atoms with Gasteiger partial charge < -0.3 is 4.74 Å². The molecule has 148 valence electrons. The average Bonchev–Trinajstić information content (AvgIpc) is 2.94. The third-order valence-corrected chi connectivity index (χ3v) is 5.23. The molecular weight excluding hydrogens is 424 g/mol. The van der Waals surface area contributed by atoms with E-state index in [1.807, 2.05) is 0 Å². The number of halogens is 4. The van der Waals surface area contributed by atoms with Crippen LogP contribution in [0.15, 0.2) is 57.5 Å². The lowest BCUT2D eigenvalue weighted by atomic mass is 10.1. The molecule has 0 spiro atoms. The van der Waals surface area contributed by atoms with Crippen molar-refractivity contribution >= 4 is 21.4 Å². The summed E-state index contributed by atoms with van der Waals surface area (Å²) >= 11 is 0.781. The molecule has 0 radical (unpaired) electrons. The third-order valence-electron chi connectivity index (χ3n) is 3.56. The Balaban J connectivity index is 2.04. The topological polar surface area (TPSA) is 91.4 Å². The number of nitrogens with zero attached hydrogens (tertiary/aromatic N) is 1. The van der Waals surface area contributed by atoms with Crippen LogP contribution in [-0.2, 0) is 10.0 Å². The lowest BCUT2D eigenvalue weighted by molar-refractivity contribution is -0.274. The molecule has 3 aromatic rings. The molecule has 3 rings (SSSR count). The molecule has 0 atom stereocenters. The van der Waals surface area contributed by atoms with Gasteiger partial charge in [0.2, 0.25) is 10.0 Å². The predicted octanol–water partition coefficient (Wildman–Crippen LogP) is 3.25. The van der Waals surface area contributed by atoms with Gasteiger partial charge >= 0.3 is 11.2 Å². The van der Waals surface area contributed by atoms with Crippen LogP contribution in [0.4, 0.5) is 17.6 Å². The molecule has 0 aliphatic heterocycles. The summed E-state index contributed by atoms with van der Waals surface area (Å²) in [6.45, 7) is 0. The van der Waals surface area contributed by atoms with Crippen LogP contribution in [0.2, 0.25) is 0 Å². The van der Waals surface area contributed by atoms with E-state index in [1.165, 1.54) is 23.6 Å². The first-order valence-corrected chi connectivity index (χ1v) is 9.78. The van der Waals surface area contributed by atoms with Crippen LogP contribution < -0.4 is 14.7 Å². The maximum Gasteiger partial charge on any atom is 0.573 e. The van der Waals surface area contributed by atoms with Gasteiger partial charge in [-0.3, -0.25) is 9.36 Å². The normalized spacial score (nSPS) is 12.2. The number of primary sulfonamides is 1. The highest BCUT2D eigenvalue weighted by Crippen LogP contribution is 2.28. The van der Waals surface area contributed by atoms with Crippen molar-refractivity contribution in [1.29, 1.82) is 0 Å². The van der Waals surface area contributed by atoms with E-state index in [4.69, 9.17) is 5.14 Å². The summed E-state index contributed by atoms with van der Waals surface area (Å²) in [5.74, 6) is -1.57. The Bertz CT molecular complexity index is 1180. The second-order valence-electron chi connectivity index (χ2n) is 5.45. The van der Waals surface area contributed by atoms with Gasteiger partial charge in [-0.05, 0) is 36.4 Å². The Morgan fingerprint density at radius 2 is 1.71 bits per heavy atom. The highest BCUT2D eigenvalue weighted by molar-refractivity contribution is 7.89. The summed E-state index contributed by atoms with van der Waals surface area (Å²) in [4.78, 5) is 11.0. The number of benzene rings is 2. The number of hydrogen-bond acceptors (Lipinski definition) is 5. The molecule has 28 heavy (non-hydrogen) atoms. The molecule has 0 fully saturated rings. The van der Waals surface area contributed by atoms with Crippen LogP contribution in [0.1, 0.15) is 0 Å². The highest BCUT2D eigenvalue weighted by Gasteiger charge is 2.31. The molecule has 0 unspecified atom stereocenters. The number of ether oxygens (including phenoxy) is 1. The van der Waals surface area contributed by atoms with Crippen LogP contribution in [0.5, 0.6) is 5.75 Å². The number of rotatable bonds is 4. The number of nitrogens with two attached hydrogens (primary N) is 1. The van der Waals surface area contributed by atoms with Gasteiger partial charge in [0.15, 0.2) is 0 Å². The number of thiazole rings is 1. The molecule has 1 heterocycles. The Labute approximate surface area is 159 Å². The molecule has 0 saturated heterocycles. The maximum absolute atomic E-state index is 14.1. The van der Waals surface area contributed by atoms with Crippen molar-refractivity contribution < 1.29 is 30.7 Å². The molecular formula is C16H10F4N2O4S2. The van der Waals surface area contributed by atoms with Gasteiger partial charge in [0.25, 0.3) is 0 Å². The first kappa shape index (κ1) is 20.0. The minimum atomic E-state index is -4.85. The summed E-state index contributed by atoms with van der Waals surface area (Å²) in [6, 6.07) is 7.65. The molecule has 1 aromatic heterocycles. The fourth-order valence-electron chi connectivity index (χ4n) is 2.44. The second kappa shape index (κ2) is 7.04. The van der Waals surface area contributed by atoms with E-state index in [9.17, 15) is 30.8 Å². The van der Waals surface area contributed by atoms with Gasteiger partial charge in [0, 0.05) is 10.9 Å². The van der Waals surface area contributed by atoms with Gasteiger partial charge in [0.1, 0.15) is 16.5 Å². The summed E-state index contributed by atoms with van der Waals surface area (Å²) in [7, 11) is -4.26. The quantitative estimate of drug-likeness (QED) is 0.639. The number of sulfonamides is 1. The van der Waals surface area contributed by atoms with Gasteiger partial charge in [-0.1, -0.05) is 17.4 Å². The van der Waals surface area contributed by atoms with Gasteiger partial charge in [-0.25, -0.2) is 17.9 Å². The zero-order chi connectivity index (χ0) is 20.7. The zero-order valence-electron chi connectivity index (χ0n) is 13.6. The molecule has 0 amide bonds. The maximum atomic E-state index is 14.1. The number of aromatic nitrogens is 1. The molecule has 12 heteroatoms. The minimum Gasteiger partial charge on any atom is -0.406 e. The predicted molar refractivity (Wildman–Crippen MR) is 93.4 cm³/mol. The van der Waals surface area contributed by atoms with E-state index in [-0.39, 0.29) is 16.9 Å². The van der Waals surface area contributed by atoms with Gasteiger partial charge in [-0.2, -0.15) is 0 Å². The Morgan fingerprint density at radius 3 is 2.25 bits per heavy atom. The third kappa shape index (κ3) is 4.24. The fourth-order valence-corrected chi connectivity index (χ4v) is 3.79. The molecule has 6 nitrogen and oxygen atoms in total. The van der Waals surface area contributed by atoms with Crippen molar-refractivity contribution in [1.82, 2.24) is 4.57 Å². The second-order valence-corrected chi connectivity index (χ2v) is 7.80. The summed E-state index contributed by atoms with van der Waals surface area (Å²) in [5.41, 5.74) is 0.616. The van der Waals surface area contributed by atoms with E-state index in [0.717, 1.165) is 40.2 Å². The van der Waals surface area contributed by atoms with E-state index >= 15 is 0 Å². The first-order valence-electron chi connectivity index (χ1n) is 7.35. The summed E-state index contributed by atoms with van der Waals surface area (Å²) < 4.78 is 78.4. The number of alkyl halides is 3. The largest absolute Gasteiger partial charge is 0.573 e. The lowest BCUT2D eigenvalue weighted by Gasteiger charge is -2.11. The first-order chi connectivity index (χ1) is 13.0. The Hall–Kier alpha value is -2.70. The van der Waals surface area contributed by atoms with E-state index < -0.39 is 37.7 Å². The lowest BCUT2D eigenvalue weighted by Crippen LogP contribution is -2.17. The fraction of sp³-hybridized carbons (Fsp3) is 0.0625. The standard InChI is InChI=1S/C16H10F4N2O4S2/c17-12-7-9(1-6-14(12)28(21,24)25)13-8-27-15(23)22(13)10-2-4-11(5-3-10)26-16(18,19)20/h1-8H,(H2,21,24,25). The van der Waals surface area contributed by atoms with Crippen molar-refractivity contribution in [2.24, 2.45) is 5.14 Å². The molecule has 0 aliphatic rings. The molecule has 0 saturated carbocycles. The van der Waals surface area contributed by atoms with E-state index in [1.54, 1.807) is 0 Å². The Morgan fingerprint density at radius 1 is 1.07 bits per heavy atom. The van der Waals surface area contributed by atoms with Crippen molar-refractivity contribution in [3.05, 3.63) is 63.3 Å². The van der Waals surface area contributed by atoms with Crippen molar-refractivity contribution in [3.8, 4) is 22.7 Å². The van der Waals surface area contributed by atoms with E-state index in [0.29, 0.717) is 0 Å². The monoisotopic (exact) mass is 434 g/mol. The van der Waals surface area contributed by atoms with Crippen LogP contribution in [0.25, 0.3) is 16.9 Å². The smallest absolute Gasteiger partial charge is 0.406 e. The molecule has 2 N–H and O–H groups in total. The van der Waals surface area contributed by atoms with Gasteiger partial charge in [0.05, 0.1) is 11.4 Å². The van der Waals surface area contributed by atoms with E-state index in [2.05, 4.69) is 4.74 Å². The minimum absolute atomic E-state index is 0.180. The highest BCUT2D eigenvalue weighted by atomic mass is 32.2. The van der Waals surface area contributed by atoms with Crippen molar-refractivity contribution in [2.75, 3.05) is 0 Å². The van der Waals surface area contributed by atoms with Crippen molar-refractivity contribution in [3.63, 3.8) is 0 Å². The summed E-state index contributed by atoms with van der Waals surface area (Å²) in [5, 5.41) is 6.33.